The van der Waals surface area contributed by atoms with Crippen molar-refractivity contribution in [1.82, 2.24) is 0 Å². The number of halogens is 2. The summed E-state index contributed by atoms with van der Waals surface area (Å²) < 4.78 is 0. The average Bonchev–Trinajstić information content (AvgIpc) is 2.94. The van der Waals surface area contributed by atoms with Crippen LogP contribution in [0.1, 0.15) is 21.2 Å². The molecule has 0 aliphatic rings. The summed E-state index contributed by atoms with van der Waals surface area (Å²) in [4.78, 5) is 27.0. The number of carbonyl (C=O) groups excluding carboxylic acids is 2. The quantitative estimate of drug-likeness (QED) is 0.197. The molecule has 1 unspecified atom stereocenters. The van der Waals surface area contributed by atoms with Crippen LogP contribution in [0.15, 0.2) is 120 Å². The SMILES string of the molecule is O=C(Nc1ccc(SC(C(=O)Nc2ccc(Cl)cc2Cl)c2ccccc2)cc1)c1ccc2ccccc2c1. The minimum atomic E-state index is -0.527. The van der Waals surface area contributed by atoms with Crippen LogP contribution in [0.25, 0.3) is 10.8 Å². The van der Waals surface area contributed by atoms with Crippen molar-refractivity contribution in [3.05, 3.63) is 136 Å². The van der Waals surface area contributed by atoms with Gasteiger partial charge in [-0.15, -0.1) is 11.8 Å². The molecule has 2 N–H and O–H groups in total. The highest BCUT2D eigenvalue weighted by molar-refractivity contribution is 8.00. The molecule has 0 aromatic heterocycles. The Bertz CT molecular complexity index is 1610. The summed E-state index contributed by atoms with van der Waals surface area (Å²) in [5, 5.41) is 8.30. The van der Waals surface area contributed by atoms with Gasteiger partial charge in [0.2, 0.25) is 5.91 Å². The van der Waals surface area contributed by atoms with Gasteiger partial charge in [-0.1, -0.05) is 83.9 Å². The minimum absolute atomic E-state index is 0.183. The predicted molar refractivity (Wildman–Crippen MR) is 158 cm³/mol. The van der Waals surface area contributed by atoms with Gasteiger partial charge in [0.1, 0.15) is 5.25 Å². The number of anilines is 2. The van der Waals surface area contributed by atoms with Crippen LogP contribution < -0.4 is 10.6 Å². The number of hydrogen-bond donors (Lipinski definition) is 2. The van der Waals surface area contributed by atoms with E-state index in [1.54, 1.807) is 18.2 Å². The second kappa shape index (κ2) is 11.7. The molecule has 5 rings (SSSR count). The Kier molecular flexibility index (Phi) is 7.99. The average molecular weight is 558 g/mol. The van der Waals surface area contributed by atoms with Gasteiger partial charge in [-0.2, -0.15) is 0 Å². The van der Waals surface area contributed by atoms with E-state index in [9.17, 15) is 9.59 Å². The van der Waals surface area contributed by atoms with Crippen molar-refractivity contribution in [3.63, 3.8) is 0 Å². The second-order valence-electron chi connectivity index (χ2n) is 8.56. The standard InChI is InChI=1S/C31H22Cl2N2O2S/c32-24-12-17-28(27(33)19-24)35-31(37)29(21-7-2-1-3-8-21)38-26-15-13-25(14-16-26)34-30(36)23-11-10-20-6-4-5-9-22(20)18-23/h1-19,29H,(H,34,36)(H,35,37). The van der Waals surface area contributed by atoms with Gasteiger partial charge in [-0.25, -0.2) is 0 Å². The first-order valence-corrected chi connectivity index (χ1v) is 13.5. The third kappa shape index (κ3) is 6.20. The molecule has 0 aliphatic heterocycles. The van der Waals surface area contributed by atoms with Crippen molar-refractivity contribution in [3.8, 4) is 0 Å². The van der Waals surface area contributed by atoms with E-state index in [-0.39, 0.29) is 11.8 Å². The van der Waals surface area contributed by atoms with Gasteiger partial charge in [-0.3, -0.25) is 9.59 Å². The molecule has 5 aromatic rings. The topological polar surface area (TPSA) is 58.2 Å². The fourth-order valence-electron chi connectivity index (χ4n) is 3.98. The fourth-order valence-corrected chi connectivity index (χ4v) is 5.46. The first-order valence-electron chi connectivity index (χ1n) is 11.8. The first kappa shape index (κ1) is 25.9. The maximum atomic E-state index is 13.3. The van der Waals surface area contributed by atoms with Gasteiger partial charge in [0.05, 0.1) is 10.7 Å². The maximum absolute atomic E-state index is 13.3. The molecule has 5 aromatic carbocycles. The Morgan fingerprint density at radius 3 is 2.13 bits per heavy atom. The lowest BCUT2D eigenvalue weighted by molar-refractivity contribution is -0.115. The number of carbonyl (C=O) groups is 2. The molecule has 0 spiro atoms. The third-order valence-corrected chi connectivity index (χ3v) is 7.72. The molecule has 0 heterocycles. The Hall–Kier alpha value is -3.77. The van der Waals surface area contributed by atoms with Crippen molar-refractivity contribution in [1.29, 1.82) is 0 Å². The lowest BCUT2D eigenvalue weighted by atomic mass is 10.1. The van der Waals surface area contributed by atoms with E-state index in [0.717, 1.165) is 21.2 Å². The molecule has 0 radical (unpaired) electrons. The molecule has 1 atom stereocenters. The lowest BCUT2D eigenvalue weighted by Crippen LogP contribution is -2.19. The molecule has 0 saturated heterocycles. The number of fused-ring (bicyclic) bond motifs is 1. The van der Waals surface area contributed by atoms with Gasteiger partial charge >= 0.3 is 0 Å². The predicted octanol–water partition coefficient (Wildman–Crippen LogP) is 8.87. The van der Waals surface area contributed by atoms with Crippen LogP contribution in [0, 0.1) is 0 Å². The van der Waals surface area contributed by atoms with Crippen LogP contribution in [-0.2, 0) is 4.79 Å². The summed E-state index contributed by atoms with van der Waals surface area (Å²) in [6.07, 6.45) is 0. The van der Waals surface area contributed by atoms with Crippen LogP contribution >= 0.6 is 35.0 Å². The number of thioether (sulfide) groups is 1. The Balaban J connectivity index is 1.31. The normalized spacial score (nSPS) is 11.6. The zero-order chi connectivity index (χ0) is 26.5. The van der Waals surface area contributed by atoms with Crippen LogP contribution in [0.2, 0.25) is 10.0 Å². The van der Waals surface area contributed by atoms with E-state index in [4.69, 9.17) is 23.2 Å². The fraction of sp³-hybridized carbons (Fsp3) is 0.0323. The van der Waals surface area contributed by atoms with Crippen molar-refractivity contribution < 1.29 is 9.59 Å². The van der Waals surface area contributed by atoms with E-state index in [0.29, 0.717) is 27.0 Å². The molecule has 7 heteroatoms. The molecule has 0 fully saturated rings. The summed E-state index contributed by atoms with van der Waals surface area (Å²) in [5.74, 6) is -0.392. The summed E-state index contributed by atoms with van der Waals surface area (Å²) in [5.41, 5.74) is 2.60. The molecular weight excluding hydrogens is 535 g/mol. The Morgan fingerprint density at radius 1 is 0.684 bits per heavy atom. The zero-order valence-electron chi connectivity index (χ0n) is 20.0. The Labute approximate surface area is 235 Å². The number of hydrogen-bond acceptors (Lipinski definition) is 3. The van der Waals surface area contributed by atoms with Crippen LogP contribution in [0.3, 0.4) is 0 Å². The van der Waals surface area contributed by atoms with Gasteiger partial charge < -0.3 is 10.6 Å². The molecule has 0 saturated carbocycles. The largest absolute Gasteiger partial charge is 0.323 e. The second-order valence-corrected chi connectivity index (χ2v) is 10.6. The van der Waals surface area contributed by atoms with E-state index >= 15 is 0 Å². The van der Waals surface area contributed by atoms with Crippen LogP contribution in [0.5, 0.6) is 0 Å². The highest BCUT2D eigenvalue weighted by atomic mass is 35.5. The van der Waals surface area contributed by atoms with Crippen molar-refractivity contribution in [2.24, 2.45) is 0 Å². The summed E-state index contributed by atoms with van der Waals surface area (Å²) in [6, 6.07) is 35.5. The van der Waals surface area contributed by atoms with Gasteiger partial charge in [0.15, 0.2) is 0 Å². The van der Waals surface area contributed by atoms with Crippen molar-refractivity contribution >= 4 is 68.9 Å². The molecule has 4 nitrogen and oxygen atoms in total. The first-order chi connectivity index (χ1) is 18.5. The van der Waals surface area contributed by atoms with Gasteiger partial charge in [0.25, 0.3) is 5.91 Å². The van der Waals surface area contributed by atoms with Gasteiger partial charge in [-0.05, 0) is 70.9 Å². The zero-order valence-corrected chi connectivity index (χ0v) is 22.4. The van der Waals surface area contributed by atoms with Crippen molar-refractivity contribution in [2.45, 2.75) is 10.1 Å². The molecule has 0 bridgehead atoms. The molecule has 2 amide bonds. The van der Waals surface area contributed by atoms with Crippen LogP contribution in [0.4, 0.5) is 11.4 Å². The summed E-state index contributed by atoms with van der Waals surface area (Å²) >= 11 is 13.7. The summed E-state index contributed by atoms with van der Waals surface area (Å²) in [6.45, 7) is 0. The number of benzene rings is 5. The lowest BCUT2D eigenvalue weighted by Gasteiger charge is -2.18. The number of rotatable bonds is 7. The smallest absolute Gasteiger partial charge is 0.255 e. The van der Waals surface area contributed by atoms with Crippen molar-refractivity contribution in [2.75, 3.05) is 10.6 Å². The minimum Gasteiger partial charge on any atom is -0.323 e. The van der Waals surface area contributed by atoms with E-state index in [1.807, 2.05) is 97.1 Å². The number of nitrogens with one attached hydrogen (secondary N) is 2. The third-order valence-electron chi connectivity index (χ3n) is 5.91. The van der Waals surface area contributed by atoms with E-state index in [2.05, 4.69) is 10.6 Å². The number of amides is 2. The van der Waals surface area contributed by atoms with E-state index in [1.165, 1.54) is 11.8 Å². The van der Waals surface area contributed by atoms with Crippen LogP contribution in [-0.4, -0.2) is 11.8 Å². The Morgan fingerprint density at radius 2 is 1.39 bits per heavy atom. The molecular formula is C31H22Cl2N2O2S. The molecule has 0 aliphatic carbocycles. The summed E-state index contributed by atoms with van der Waals surface area (Å²) in [7, 11) is 0. The maximum Gasteiger partial charge on any atom is 0.255 e. The molecule has 38 heavy (non-hydrogen) atoms. The molecule has 188 valence electrons. The highest BCUT2D eigenvalue weighted by Gasteiger charge is 2.23. The monoisotopic (exact) mass is 556 g/mol. The van der Waals surface area contributed by atoms with E-state index < -0.39 is 5.25 Å². The van der Waals surface area contributed by atoms with Gasteiger partial charge in [0, 0.05) is 21.2 Å². The highest BCUT2D eigenvalue weighted by Crippen LogP contribution is 2.37.